The largest absolute Gasteiger partial charge is 0.370 e. The van der Waals surface area contributed by atoms with E-state index in [1.165, 1.54) is 0 Å². The van der Waals surface area contributed by atoms with Gasteiger partial charge in [-0.1, -0.05) is 6.07 Å². The molecular formula is C16H24N4. The zero-order valence-electron chi connectivity index (χ0n) is 12.7. The third kappa shape index (κ3) is 3.30. The summed E-state index contributed by atoms with van der Waals surface area (Å²) in [5, 5.41) is 12.5. The van der Waals surface area contributed by atoms with Crippen molar-refractivity contribution < 1.29 is 0 Å². The van der Waals surface area contributed by atoms with Crippen LogP contribution in [0.15, 0.2) is 18.2 Å². The molecule has 0 saturated carbocycles. The van der Waals surface area contributed by atoms with Gasteiger partial charge in [-0.15, -0.1) is 0 Å². The summed E-state index contributed by atoms with van der Waals surface area (Å²) < 4.78 is 0. The van der Waals surface area contributed by atoms with Gasteiger partial charge in [0, 0.05) is 19.6 Å². The number of anilines is 1. The van der Waals surface area contributed by atoms with Gasteiger partial charge >= 0.3 is 0 Å². The third-order valence-electron chi connectivity index (χ3n) is 4.18. The van der Waals surface area contributed by atoms with Crippen molar-refractivity contribution in [3.63, 3.8) is 0 Å². The first-order valence-electron chi connectivity index (χ1n) is 7.24. The van der Waals surface area contributed by atoms with E-state index in [2.05, 4.69) is 47.4 Å². The molecule has 1 aromatic rings. The van der Waals surface area contributed by atoms with Crippen molar-refractivity contribution in [2.75, 3.05) is 39.1 Å². The Morgan fingerprint density at radius 3 is 2.70 bits per heavy atom. The van der Waals surface area contributed by atoms with E-state index in [0.29, 0.717) is 6.04 Å². The minimum absolute atomic E-state index is 0.536. The predicted octanol–water partition coefficient (Wildman–Crippen LogP) is 1.81. The quantitative estimate of drug-likeness (QED) is 0.907. The molecule has 2 rings (SSSR count). The van der Waals surface area contributed by atoms with Crippen LogP contribution in [-0.2, 0) is 6.54 Å². The van der Waals surface area contributed by atoms with Gasteiger partial charge in [-0.05, 0) is 57.7 Å². The number of hydrogen-bond donors (Lipinski definition) is 1. The second-order valence-electron chi connectivity index (χ2n) is 5.64. The SMILES string of the molecule is CNCc1ccc(N(C)C2CCN(C)CC2)c(C#N)c1. The molecule has 1 saturated heterocycles. The number of nitriles is 1. The van der Waals surface area contributed by atoms with Crippen LogP contribution in [-0.4, -0.2) is 45.2 Å². The van der Waals surface area contributed by atoms with Gasteiger partial charge in [-0.2, -0.15) is 5.26 Å². The predicted molar refractivity (Wildman–Crippen MR) is 82.8 cm³/mol. The summed E-state index contributed by atoms with van der Waals surface area (Å²) in [6.45, 7) is 3.07. The zero-order valence-corrected chi connectivity index (χ0v) is 12.7. The van der Waals surface area contributed by atoms with Gasteiger partial charge in [0.2, 0.25) is 0 Å². The van der Waals surface area contributed by atoms with E-state index in [4.69, 9.17) is 0 Å². The molecule has 0 spiro atoms. The molecule has 20 heavy (non-hydrogen) atoms. The number of benzene rings is 1. The lowest BCUT2D eigenvalue weighted by Gasteiger charge is -2.36. The summed E-state index contributed by atoms with van der Waals surface area (Å²) in [6, 6.07) is 9.07. The summed E-state index contributed by atoms with van der Waals surface area (Å²) in [4.78, 5) is 4.65. The summed E-state index contributed by atoms with van der Waals surface area (Å²) >= 11 is 0. The fourth-order valence-electron chi connectivity index (χ4n) is 2.87. The average molecular weight is 272 g/mol. The number of nitrogens with one attached hydrogen (secondary N) is 1. The minimum atomic E-state index is 0.536. The van der Waals surface area contributed by atoms with E-state index < -0.39 is 0 Å². The molecule has 1 fully saturated rings. The van der Waals surface area contributed by atoms with Crippen LogP contribution < -0.4 is 10.2 Å². The Bertz CT molecular complexity index is 484. The van der Waals surface area contributed by atoms with Gasteiger partial charge in [0.05, 0.1) is 11.3 Å². The number of likely N-dealkylation sites (tertiary alicyclic amines) is 1. The summed E-state index contributed by atoms with van der Waals surface area (Å²) in [6.07, 6.45) is 2.33. The van der Waals surface area contributed by atoms with Gasteiger partial charge < -0.3 is 15.1 Å². The maximum absolute atomic E-state index is 9.40. The van der Waals surface area contributed by atoms with Crippen molar-refractivity contribution >= 4 is 5.69 Å². The van der Waals surface area contributed by atoms with Crippen LogP contribution >= 0.6 is 0 Å². The first-order valence-corrected chi connectivity index (χ1v) is 7.24. The number of rotatable bonds is 4. The van der Waals surface area contributed by atoms with Crippen LogP contribution in [0.25, 0.3) is 0 Å². The van der Waals surface area contributed by atoms with Crippen molar-refractivity contribution in [1.29, 1.82) is 5.26 Å². The van der Waals surface area contributed by atoms with Gasteiger partial charge in [0.15, 0.2) is 0 Å². The fraction of sp³-hybridized carbons (Fsp3) is 0.562. The van der Waals surface area contributed by atoms with Crippen molar-refractivity contribution in [3.8, 4) is 6.07 Å². The van der Waals surface area contributed by atoms with Gasteiger partial charge in [0.25, 0.3) is 0 Å². The Kier molecular flexibility index (Phi) is 4.99. The first kappa shape index (κ1) is 14.8. The molecular weight excluding hydrogens is 248 g/mol. The molecule has 0 aromatic heterocycles. The Hall–Kier alpha value is -1.57. The second-order valence-corrected chi connectivity index (χ2v) is 5.64. The molecule has 1 N–H and O–H groups in total. The summed E-state index contributed by atoms with van der Waals surface area (Å²) in [5.74, 6) is 0. The highest BCUT2D eigenvalue weighted by Gasteiger charge is 2.22. The number of nitrogens with zero attached hydrogens (tertiary/aromatic N) is 3. The van der Waals surface area contributed by atoms with Crippen LogP contribution in [0.5, 0.6) is 0 Å². The second kappa shape index (κ2) is 6.74. The minimum Gasteiger partial charge on any atom is -0.370 e. The van der Waals surface area contributed by atoms with Crippen molar-refractivity contribution in [1.82, 2.24) is 10.2 Å². The first-order chi connectivity index (χ1) is 9.65. The summed E-state index contributed by atoms with van der Waals surface area (Å²) in [5.41, 5.74) is 2.99. The third-order valence-corrected chi connectivity index (χ3v) is 4.18. The molecule has 0 aliphatic carbocycles. The molecule has 4 nitrogen and oxygen atoms in total. The van der Waals surface area contributed by atoms with E-state index >= 15 is 0 Å². The van der Waals surface area contributed by atoms with Gasteiger partial charge in [0.1, 0.15) is 6.07 Å². The van der Waals surface area contributed by atoms with Crippen LogP contribution in [0.4, 0.5) is 5.69 Å². The lowest BCUT2D eigenvalue weighted by atomic mass is 10.0. The molecule has 1 heterocycles. The normalized spacial score (nSPS) is 16.9. The number of hydrogen-bond acceptors (Lipinski definition) is 4. The molecule has 108 valence electrons. The molecule has 0 amide bonds. The topological polar surface area (TPSA) is 42.3 Å². The van der Waals surface area contributed by atoms with Crippen LogP contribution in [0, 0.1) is 11.3 Å². The molecule has 1 aromatic carbocycles. The van der Waals surface area contributed by atoms with Crippen LogP contribution in [0.2, 0.25) is 0 Å². The van der Waals surface area contributed by atoms with Crippen molar-refractivity contribution in [3.05, 3.63) is 29.3 Å². The fourth-order valence-corrected chi connectivity index (χ4v) is 2.87. The van der Waals surface area contributed by atoms with Gasteiger partial charge in [-0.3, -0.25) is 0 Å². The average Bonchev–Trinajstić information content (AvgIpc) is 2.47. The Labute approximate surface area is 122 Å². The molecule has 4 heteroatoms. The standard InChI is InChI=1S/C16H24N4/c1-18-12-13-4-5-16(14(10-13)11-17)20(3)15-6-8-19(2)9-7-15/h4-5,10,15,18H,6-9,12H2,1-3H3. The Morgan fingerprint density at radius 2 is 2.10 bits per heavy atom. The Morgan fingerprint density at radius 1 is 1.40 bits per heavy atom. The maximum atomic E-state index is 9.40. The van der Waals surface area contributed by atoms with E-state index in [0.717, 1.165) is 49.3 Å². The molecule has 0 unspecified atom stereocenters. The summed E-state index contributed by atoms with van der Waals surface area (Å²) in [7, 11) is 6.21. The molecule has 0 atom stereocenters. The van der Waals surface area contributed by atoms with E-state index in [1.807, 2.05) is 13.1 Å². The lowest BCUT2D eigenvalue weighted by Crippen LogP contribution is -2.42. The highest BCUT2D eigenvalue weighted by molar-refractivity contribution is 5.60. The molecule has 0 bridgehead atoms. The van der Waals surface area contributed by atoms with Gasteiger partial charge in [-0.25, -0.2) is 0 Å². The van der Waals surface area contributed by atoms with E-state index in [9.17, 15) is 5.26 Å². The monoisotopic (exact) mass is 272 g/mol. The molecule has 1 aliphatic heterocycles. The number of piperidine rings is 1. The highest BCUT2D eigenvalue weighted by atomic mass is 15.2. The smallest absolute Gasteiger partial charge is 0.101 e. The van der Waals surface area contributed by atoms with E-state index in [1.54, 1.807) is 0 Å². The maximum Gasteiger partial charge on any atom is 0.101 e. The lowest BCUT2D eigenvalue weighted by molar-refractivity contribution is 0.253. The van der Waals surface area contributed by atoms with Crippen LogP contribution in [0.3, 0.4) is 0 Å². The Balaban J connectivity index is 2.17. The zero-order chi connectivity index (χ0) is 14.5. The molecule has 0 radical (unpaired) electrons. The van der Waals surface area contributed by atoms with Crippen molar-refractivity contribution in [2.24, 2.45) is 0 Å². The highest BCUT2D eigenvalue weighted by Crippen LogP contribution is 2.26. The van der Waals surface area contributed by atoms with Crippen LogP contribution in [0.1, 0.15) is 24.0 Å². The molecule has 1 aliphatic rings. The van der Waals surface area contributed by atoms with E-state index in [-0.39, 0.29) is 0 Å². The van der Waals surface area contributed by atoms with Crippen molar-refractivity contribution in [2.45, 2.75) is 25.4 Å².